The highest BCUT2D eigenvalue weighted by molar-refractivity contribution is 7.98. The first kappa shape index (κ1) is 17.0. The van der Waals surface area contributed by atoms with E-state index in [1.54, 1.807) is 36.0 Å². The van der Waals surface area contributed by atoms with Crippen LogP contribution in [0, 0.1) is 6.92 Å². The average molecular weight is 376 g/mol. The van der Waals surface area contributed by atoms with E-state index in [1.807, 2.05) is 0 Å². The van der Waals surface area contributed by atoms with Crippen molar-refractivity contribution in [2.75, 3.05) is 5.32 Å². The van der Waals surface area contributed by atoms with Crippen LogP contribution < -0.4 is 5.32 Å². The number of aryl methyl sites for hydroxylation is 1. The topological polar surface area (TPSA) is 54.9 Å². The highest BCUT2D eigenvalue weighted by Crippen LogP contribution is 2.26. The standard InChI is InChI=1S/C17H14ClN3OS2/c1-11-2-8-14(9-3-11)23-10-15-20-21-17(24-15)19-16(22)12-4-6-13(18)7-5-12/h2-9H,10H2,1H3,(H,19,21,22). The molecule has 0 bridgehead atoms. The van der Waals surface area contributed by atoms with E-state index in [1.165, 1.54) is 21.8 Å². The maximum absolute atomic E-state index is 12.1. The summed E-state index contributed by atoms with van der Waals surface area (Å²) in [7, 11) is 0. The zero-order valence-electron chi connectivity index (χ0n) is 12.8. The van der Waals surface area contributed by atoms with Crippen LogP contribution in [0.2, 0.25) is 5.02 Å². The number of benzene rings is 2. The van der Waals surface area contributed by atoms with Crippen molar-refractivity contribution in [3.8, 4) is 0 Å². The number of carbonyl (C=O) groups excluding carboxylic acids is 1. The number of rotatable bonds is 5. The van der Waals surface area contributed by atoms with Crippen LogP contribution in [0.5, 0.6) is 0 Å². The Morgan fingerprint density at radius 2 is 1.83 bits per heavy atom. The summed E-state index contributed by atoms with van der Waals surface area (Å²) in [5, 5.41) is 12.9. The van der Waals surface area contributed by atoms with Crippen molar-refractivity contribution in [2.45, 2.75) is 17.6 Å². The normalized spacial score (nSPS) is 10.6. The molecule has 0 saturated carbocycles. The van der Waals surface area contributed by atoms with Crippen LogP contribution >= 0.6 is 34.7 Å². The van der Waals surface area contributed by atoms with E-state index in [0.717, 1.165) is 10.8 Å². The van der Waals surface area contributed by atoms with E-state index in [9.17, 15) is 4.79 Å². The number of carbonyl (C=O) groups is 1. The van der Waals surface area contributed by atoms with Gasteiger partial charge < -0.3 is 0 Å². The number of hydrogen-bond donors (Lipinski definition) is 1. The third-order valence-corrected chi connectivity index (χ3v) is 5.47. The molecule has 4 nitrogen and oxygen atoms in total. The highest BCUT2D eigenvalue weighted by atomic mass is 35.5. The molecule has 3 aromatic rings. The van der Waals surface area contributed by atoms with Crippen LogP contribution in [0.3, 0.4) is 0 Å². The van der Waals surface area contributed by atoms with E-state index in [2.05, 4.69) is 46.7 Å². The molecule has 1 aromatic heterocycles. The minimum Gasteiger partial charge on any atom is -0.296 e. The largest absolute Gasteiger partial charge is 0.296 e. The number of thioether (sulfide) groups is 1. The lowest BCUT2D eigenvalue weighted by molar-refractivity contribution is 0.102. The molecule has 0 aliphatic heterocycles. The molecule has 0 atom stereocenters. The summed E-state index contributed by atoms with van der Waals surface area (Å²) in [6.45, 7) is 2.06. The maximum atomic E-state index is 12.1. The zero-order chi connectivity index (χ0) is 16.9. The molecule has 0 fully saturated rings. The van der Waals surface area contributed by atoms with Gasteiger partial charge in [-0.15, -0.1) is 22.0 Å². The molecule has 7 heteroatoms. The first-order valence-electron chi connectivity index (χ1n) is 7.19. The monoisotopic (exact) mass is 375 g/mol. The van der Waals surface area contributed by atoms with Gasteiger partial charge in [-0.2, -0.15) is 0 Å². The van der Waals surface area contributed by atoms with Crippen LogP contribution in [-0.4, -0.2) is 16.1 Å². The molecule has 3 rings (SSSR count). The molecule has 122 valence electrons. The molecule has 24 heavy (non-hydrogen) atoms. The number of aromatic nitrogens is 2. The predicted molar refractivity (Wildman–Crippen MR) is 100 cm³/mol. The summed E-state index contributed by atoms with van der Waals surface area (Å²) >= 11 is 8.89. The third kappa shape index (κ3) is 4.56. The number of amides is 1. The van der Waals surface area contributed by atoms with Crippen molar-refractivity contribution in [2.24, 2.45) is 0 Å². The molecule has 2 aromatic carbocycles. The summed E-state index contributed by atoms with van der Waals surface area (Å²) in [4.78, 5) is 13.3. The summed E-state index contributed by atoms with van der Waals surface area (Å²) in [6, 6.07) is 15.1. The predicted octanol–water partition coefficient (Wildman–Crippen LogP) is 5.04. The van der Waals surface area contributed by atoms with Gasteiger partial charge in [-0.25, -0.2) is 0 Å². The van der Waals surface area contributed by atoms with Crippen LogP contribution in [0.4, 0.5) is 5.13 Å². The molecule has 1 amide bonds. The van der Waals surface area contributed by atoms with Gasteiger partial charge in [0, 0.05) is 15.5 Å². The molecular weight excluding hydrogens is 362 g/mol. The number of halogens is 1. The highest BCUT2D eigenvalue weighted by Gasteiger charge is 2.10. The minimum absolute atomic E-state index is 0.222. The van der Waals surface area contributed by atoms with Gasteiger partial charge in [0.15, 0.2) is 0 Å². The van der Waals surface area contributed by atoms with E-state index < -0.39 is 0 Å². The molecule has 0 unspecified atom stereocenters. The number of nitrogens with one attached hydrogen (secondary N) is 1. The van der Waals surface area contributed by atoms with E-state index in [0.29, 0.717) is 15.7 Å². The molecule has 1 heterocycles. The van der Waals surface area contributed by atoms with Crippen molar-refractivity contribution in [3.63, 3.8) is 0 Å². The summed E-state index contributed by atoms with van der Waals surface area (Å²) in [5.74, 6) is 0.498. The second kappa shape index (κ2) is 7.79. The van der Waals surface area contributed by atoms with E-state index in [4.69, 9.17) is 11.6 Å². The Labute approximate surface area is 153 Å². The summed E-state index contributed by atoms with van der Waals surface area (Å²) in [6.07, 6.45) is 0. The Morgan fingerprint density at radius 3 is 2.54 bits per heavy atom. The van der Waals surface area contributed by atoms with Crippen molar-refractivity contribution in [3.05, 3.63) is 69.7 Å². The smallest absolute Gasteiger partial charge is 0.257 e. The Balaban J connectivity index is 1.58. The fraction of sp³-hybridized carbons (Fsp3) is 0.118. The quantitative estimate of drug-likeness (QED) is 0.634. The van der Waals surface area contributed by atoms with Gasteiger partial charge in [-0.05, 0) is 43.3 Å². The number of nitrogens with zero attached hydrogens (tertiary/aromatic N) is 2. The van der Waals surface area contributed by atoms with Crippen LogP contribution in [-0.2, 0) is 5.75 Å². The second-order valence-corrected chi connectivity index (χ2v) is 7.61. The molecule has 0 saturated heterocycles. The van der Waals surface area contributed by atoms with Gasteiger partial charge in [-0.1, -0.05) is 40.6 Å². The fourth-order valence-corrected chi connectivity index (χ4v) is 3.66. The Morgan fingerprint density at radius 1 is 1.12 bits per heavy atom. The van der Waals surface area contributed by atoms with Crippen molar-refractivity contribution >= 4 is 45.7 Å². The van der Waals surface area contributed by atoms with Gasteiger partial charge in [0.2, 0.25) is 5.13 Å². The summed E-state index contributed by atoms with van der Waals surface area (Å²) in [5.41, 5.74) is 1.77. The summed E-state index contributed by atoms with van der Waals surface area (Å²) < 4.78 is 0. The molecular formula is C17H14ClN3OS2. The molecule has 0 aliphatic carbocycles. The number of anilines is 1. The lowest BCUT2D eigenvalue weighted by Gasteiger charge is -2.01. The van der Waals surface area contributed by atoms with E-state index in [-0.39, 0.29) is 5.91 Å². The van der Waals surface area contributed by atoms with Crippen LogP contribution in [0.25, 0.3) is 0 Å². The molecule has 0 spiro atoms. The first-order chi connectivity index (χ1) is 11.6. The minimum atomic E-state index is -0.222. The molecule has 1 N–H and O–H groups in total. The van der Waals surface area contributed by atoms with Gasteiger partial charge in [0.1, 0.15) is 5.01 Å². The van der Waals surface area contributed by atoms with Crippen LogP contribution in [0.15, 0.2) is 53.4 Å². The van der Waals surface area contributed by atoms with Crippen molar-refractivity contribution in [1.29, 1.82) is 0 Å². The zero-order valence-corrected chi connectivity index (χ0v) is 15.2. The fourth-order valence-electron chi connectivity index (χ4n) is 1.91. The van der Waals surface area contributed by atoms with Crippen LogP contribution in [0.1, 0.15) is 20.9 Å². The first-order valence-corrected chi connectivity index (χ1v) is 9.37. The molecule has 0 radical (unpaired) electrons. The van der Waals surface area contributed by atoms with Gasteiger partial charge >= 0.3 is 0 Å². The van der Waals surface area contributed by atoms with Gasteiger partial charge in [-0.3, -0.25) is 10.1 Å². The van der Waals surface area contributed by atoms with E-state index >= 15 is 0 Å². The van der Waals surface area contributed by atoms with Crippen molar-refractivity contribution in [1.82, 2.24) is 10.2 Å². The SMILES string of the molecule is Cc1ccc(SCc2nnc(NC(=O)c3ccc(Cl)cc3)s2)cc1. The van der Waals surface area contributed by atoms with Crippen molar-refractivity contribution < 1.29 is 4.79 Å². The van der Waals surface area contributed by atoms with Gasteiger partial charge in [0.25, 0.3) is 5.91 Å². The molecule has 0 aliphatic rings. The second-order valence-electron chi connectivity index (χ2n) is 5.06. The third-order valence-electron chi connectivity index (χ3n) is 3.18. The lowest BCUT2D eigenvalue weighted by Crippen LogP contribution is -2.11. The Kier molecular flexibility index (Phi) is 5.50. The Hall–Kier alpha value is -1.89. The lowest BCUT2D eigenvalue weighted by atomic mass is 10.2. The Bertz CT molecular complexity index is 832. The average Bonchev–Trinajstić information content (AvgIpc) is 3.02. The maximum Gasteiger partial charge on any atom is 0.257 e. The van der Waals surface area contributed by atoms with Gasteiger partial charge in [0.05, 0.1) is 5.75 Å². The number of hydrogen-bond acceptors (Lipinski definition) is 5.